The molecule has 0 aliphatic rings. The summed E-state index contributed by atoms with van der Waals surface area (Å²) in [7, 11) is -2.40. The molecule has 19 heavy (non-hydrogen) atoms. The van der Waals surface area contributed by atoms with E-state index in [0.29, 0.717) is 6.42 Å². The maximum Gasteiger partial charge on any atom is 0.246 e. The number of aliphatic hydroxyl groups is 1. The maximum absolute atomic E-state index is 12.3. The average Bonchev–Trinajstić information content (AvgIpc) is 2.23. The van der Waals surface area contributed by atoms with Crippen molar-refractivity contribution in [2.45, 2.75) is 24.3 Å². The minimum absolute atomic E-state index is 0.00129. The molecular formula is C11H16Cl2N2O3S. The number of anilines is 1. The smallest absolute Gasteiger partial charge is 0.246 e. The standard InChI is InChI=1S/C11H16Cl2N2O3S/c1-7(16)3-4-15(2)19(17,18)11-9(13)5-8(12)6-10(11)14/h5-7,16H,3-4,14H2,1-2H3. The molecule has 1 aromatic carbocycles. The Hall–Kier alpha value is -0.530. The minimum atomic E-state index is -3.81. The van der Waals surface area contributed by atoms with Gasteiger partial charge in [0.05, 0.1) is 16.8 Å². The quantitative estimate of drug-likeness (QED) is 0.810. The summed E-state index contributed by atoms with van der Waals surface area (Å²) in [6, 6.07) is 2.66. The lowest BCUT2D eigenvalue weighted by Gasteiger charge is -2.20. The van der Waals surface area contributed by atoms with Crippen LogP contribution in [0.5, 0.6) is 0 Å². The minimum Gasteiger partial charge on any atom is -0.398 e. The molecule has 1 rings (SSSR count). The number of hydrogen-bond acceptors (Lipinski definition) is 4. The highest BCUT2D eigenvalue weighted by atomic mass is 35.5. The summed E-state index contributed by atoms with van der Waals surface area (Å²) >= 11 is 11.7. The molecule has 108 valence electrons. The molecule has 0 saturated carbocycles. The van der Waals surface area contributed by atoms with Crippen LogP contribution in [0, 0.1) is 0 Å². The lowest BCUT2D eigenvalue weighted by Crippen LogP contribution is -2.30. The van der Waals surface area contributed by atoms with Crippen LogP contribution in [0.1, 0.15) is 13.3 Å². The molecule has 8 heteroatoms. The molecule has 0 radical (unpaired) electrons. The van der Waals surface area contributed by atoms with Crippen LogP contribution in [0.25, 0.3) is 0 Å². The zero-order valence-electron chi connectivity index (χ0n) is 10.6. The highest BCUT2D eigenvalue weighted by Gasteiger charge is 2.26. The topological polar surface area (TPSA) is 83.6 Å². The van der Waals surface area contributed by atoms with Crippen LogP contribution in [0.15, 0.2) is 17.0 Å². The van der Waals surface area contributed by atoms with Crippen LogP contribution < -0.4 is 5.73 Å². The summed E-state index contributed by atoms with van der Waals surface area (Å²) < 4.78 is 25.8. The number of rotatable bonds is 5. The Morgan fingerprint density at radius 3 is 2.47 bits per heavy atom. The molecule has 0 aliphatic heterocycles. The molecule has 5 nitrogen and oxygen atoms in total. The maximum atomic E-state index is 12.3. The third-order valence-electron chi connectivity index (χ3n) is 2.57. The number of halogens is 2. The van der Waals surface area contributed by atoms with E-state index in [2.05, 4.69) is 0 Å². The van der Waals surface area contributed by atoms with Gasteiger partial charge in [-0.05, 0) is 25.5 Å². The molecule has 0 saturated heterocycles. The Morgan fingerprint density at radius 1 is 1.42 bits per heavy atom. The van der Waals surface area contributed by atoms with Crippen molar-refractivity contribution >= 4 is 38.9 Å². The number of nitrogens with zero attached hydrogens (tertiary/aromatic N) is 1. The summed E-state index contributed by atoms with van der Waals surface area (Å²) in [4.78, 5) is -0.161. The second-order valence-electron chi connectivity index (χ2n) is 4.27. The predicted molar refractivity (Wildman–Crippen MR) is 77.0 cm³/mol. The van der Waals surface area contributed by atoms with Gasteiger partial charge in [-0.15, -0.1) is 0 Å². The zero-order chi connectivity index (χ0) is 14.8. The molecule has 0 bridgehead atoms. The monoisotopic (exact) mass is 326 g/mol. The first kappa shape index (κ1) is 16.5. The molecule has 1 atom stereocenters. The van der Waals surface area contributed by atoms with Gasteiger partial charge in [0, 0.05) is 18.6 Å². The first-order chi connectivity index (χ1) is 8.66. The van der Waals surface area contributed by atoms with Gasteiger partial charge in [0.1, 0.15) is 4.90 Å². The average molecular weight is 327 g/mol. The van der Waals surface area contributed by atoms with E-state index in [0.717, 1.165) is 4.31 Å². The molecule has 1 unspecified atom stereocenters. The van der Waals surface area contributed by atoms with E-state index in [9.17, 15) is 13.5 Å². The Kier molecular flexibility index (Phi) is 5.46. The first-order valence-corrected chi connectivity index (χ1v) is 7.74. The van der Waals surface area contributed by atoms with Gasteiger partial charge in [-0.1, -0.05) is 23.2 Å². The molecule has 0 aliphatic carbocycles. The lowest BCUT2D eigenvalue weighted by atomic mass is 10.3. The van der Waals surface area contributed by atoms with Gasteiger partial charge in [0.15, 0.2) is 0 Å². The van der Waals surface area contributed by atoms with Crippen molar-refractivity contribution in [3.63, 3.8) is 0 Å². The second-order valence-corrected chi connectivity index (χ2v) is 7.10. The number of aliphatic hydroxyl groups excluding tert-OH is 1. The predicted octanol–water partition coefficient (Wildman–Crippen LogP) is 1.97. The highest BCUT2D eigenvalue weighted by Crippen LogP contribution is 2.32. The molecule has 1 aromatic rings. The summed E-state index contributed by atoms with van der Waals surface area (Å²) in [5.74, 6) is 0. The van der Waals surface area contributed by atoms with Crippen LogP contribution in [0.4, 0.5) is 5.69 Å². The Bertz CT molecular complexity index is 538. The third kappa shape index (κ3) is 3.97. The van der Waals surface area contributed by atoms with Crippen LogP contribution in [0.2, 0.25) is 10.0 Å². The fourth-order valence-corrected chi connectivity index (χ4v) is 3.62. The van der Waals surface area contributed by atoms with E-state index in [1.807, 2.05) is 0 Å². The van der Waals surface area contributed by atoms with Crippen LogP contribution >= 0.6 is 23.2 Å². The molecule has 0 aromatic heterocycles. The number of sulfonamides is 1. The Labute approximate surface area is 123 Å². The number of nitrogens with two attached hydrogens (primary N) is 1. The molecule has 0 amide bonds. The van der Waals surface area contributed by atoms with Crippen molar-refractivity contribution in [1.82, 2.24) is 4.31 Å². The summed E-state index contributed by atoms with van der Waals surface area (Å²) in [5.41, 5.74) is 5.68. The first-order valence-electron chi connectivity index (χ1n) is 5.55. The van der Waals surface area contributed by atoms with E-state index in [1.165, 1.54) is 19.2 Å². The van der Waals surface area contributed by atoms with Gasteiger partial charge in [-0.3, -0.25) is 0 Å². The van der Waals surface area contributed by atoms with Gasteiger partial charge < -0.3 is 10.8 Å². The van der Waals surface area contributed by atoms with E-state index in [-0.39, 0.29) is 27.2 Å². The van der Waals surface area contributed by atoms with Crippen molar-refractivity contribution in [2.24, 2.45) is 0 Å². The summed E-state index contributed by atoms with van der Waals surface area (Å²) in [5, 5.41) is 9.45. The Morgan fingerprint density at radius 2 is 2.00 bits per heavy atom. The van der Waals surface area contributed by atoms with E-state index < -0.39 is 16.1 Å². The van der Waals surface area contributed by atoms with Gasteiger partial charge >= 0.3 is 0 Å². The van der Waals surface area contributed by atoms with E-state index in [1.54, 1.807) is 6.92 Å². The highest BCUT2D eigenvalue weighted by molar-refractivity contribution is 7.89. The number of benzene rings is 1. The summed E-state index contributed by atoms with van der Waals surface area (Å²) in [6.07, 6.45) is -0.267. The number of hydrogen-bond donors (Lipinski definition) is 2. The van der Waals surface area contributed by atoms with Gasteiger partial charge in [0.25, 0.3) is 0 Å². The molecule has 0 fully saturated rings. The molecule has 3 N–H and O–H groups in total. The second kappa shape index (κ2) is 6.28. The SMILES string of the molecule is CC(O)CCN(C)S(=O)(=O)c1c(N)cc(Cl)cc1Cl. The molecule has 0 spiro atoms. The normalized spacial score (nSPS) is 13.8. The zero-order valence-corrected chi connectivity index (χ0v) is 12.9. The van der Waals surface area contributed by atoms with Crippen molar-refractivity contribution < 1.29 is 13.5 Å². The third-order valence-corrected chi connectivity index (χ3v) is 5.17. The largest absolute Gasteiger partial charge is 0.398 e. The molecule has 0 heterocycles. The van der Waals surface area contributed by atoms with Gasteiger partial charge in [-0.25, -0.2) is 12.7 Å². The van der Waals surface area contributed by atoms with E-state index >= 15 is 0 Å². The van der Waals surface area contributed by atoms with Gasteiger partial charge in [-0.2, -0.15) is 0 Å². The van der Waals surface area contributed by atoms with Crippen LogP contribution in [-0.4, -0.2) is 37.5 Å². The Balaban J connectivity index is 3.14. The summed E-state index contributed by atoms with van der Waals surface area (Å²) in [6.45, 7) is 1.75. The van der Waals surface area contributed by atoms with E-state index in [4.69, 9.17) is 28.9 Å². The lowest BCUT2D eigenvalue weighted by molar-refractivity contribution is 0.177. The van der Waals surface area contributed by atoms with Crippen molar-refractivity contribution in [1.29, 1.82) is 0 Å². The fraction of sp³-hybridized carbons (Fsp3) is 0.455. The molecular weight excluding hydrogens is 311 g/mol. The number of nitrogen functional groups attached to an aromatic ring is 1. The van der Waals surface area contributed by atoms with Crippen LogP contribution in [-0.2, 0) is 10.0 Å². The van der Waals surface area contributed by atoms with Crippen molar-refractivity contribution in [3.05, 3.63) is 22.2 Å². The van der Waals surface area contributed by atoms with Crippen molar-refractivity contribution in [3.8, 4) is 0 Å². The fourth-order valence-electron chi connectivity index (χ4n) is 1.50. The van der Waals surface area contributed by atoms with Crippen molar-refractivity contribution in [2.75, 3.05) is 19.3 Å². The van der Waals surface area contributed by atoms with Crippen LogP contribution in [0.3, 0.4) is 0 Å². The van der Waals surface area contributed by atoms with Gasteiger partial charge in [0.2, 0.25) is 10.0 Å².